The monoisotopic (exact) mass is 367 g/mol. The Bertz CT molecular complexity index is 845. The van der Waals surface area contributed by atoms with E-state index in [0.717, 1.165) is 17.4 Å². The molecule has 4 rings (SSSR count). The van der Waals surface area contributed by atoms with E-state index in [4.69, 9.17) is 4.74 Å². The fourth-order valence-electron chi connectivity index (χ4n) is 4.73. The minimum Gasteiger partial charge on any atom is -0.465 e. The first-order valence-corrected chi connectivity index (χ1v) is 9.61. The summed E-state index contributed by atoms with van der Waals surface area (Å²) in [5.74, 6) is 1.86. The molecule has 0 radical (unpaired) electrons. The lowest BCUT2D eigenvalue weighted by Crippen LogP contribution is -2.20. The fourth-order valence-corrected chi connectivity index (χ4v) is 4.73. The Labute approximate surface area is 158 Å². The molecule has 2 fully saturated rings. The van der Waals surface area contributed by atoms with E-state index in [1.807, 2.05) is 12.1 Å². The number of rotatable bonds is 6. The second-order valence-corrected chi connectivity index (χ2v) is 7.76. The summed E-state index contributed by atoms with van der Waals surface area (Å²) < 4.78 is 6.55. The number of amides is 1. The number of benzene rings is 1. The van der Waals surface area contributed by atoms with Gasteiger partial charge in [0.1, 0.15) is 0 Å². The number of anilines is 1. The van der Waals surface area contributed by atoms with E-state index in [1.165, 1.54) is 32.8 Å². The van der Waals surface area contributed by atoms with Gasteiger partial charge >= 0.3 is 5.97 Å². The number of nitrogens with one attached hydrogen (secondary N) is 1. The average Bonchev–Trinajstić information content (AvgIpc) is 3.39. The highest BCUT2D eigenvalue weighted by Crippen LogP contribution is 2.49. The Balaban J connectivity index is 1.36. The van der Waals surface area contributed by atoms with Gasteiger partial charge in [0.15, 0.2) is 0 Å². The van der Waals surface area contributed by atoms with Crippen molar-refractivity contribution in [3.8, 4) is 0 Å². The van der Waals surface area contributed by atoms with Gasteiger partial charge in [0, 0.05) is 12.6 Å². The smallest absolute Gasteiger partial charge is 0.338 e. The van der Waals surface area contributed by atoms with E-state index in [-0.39, 0.29) is 11.9 Å². The second kappa shape index (κ2) is 7.55. The predicted octanol–water partition coefficient (Wildman–Crippen LogP) is 3.48. The zero-order chi connectivity index (χ0) is 18.8. The number of hydrogen-bond acceptors (Lipinski definition) is 4. The first kappa shape index (κ1) is 17.8. The van der Waals surface area contributed by atoms with E-state index < -0.39 is 0 Å². The highest BCUT2D eigenvalue weighted by Gasteiger charge is 2.40. The van der Waals surface area contributed by atoms with Crippen LogP contribution in [-0.4, -0.2) is 28.8 Å². The van der Waals surface area contributed by atoms with Crippen LogP contribution < -0.4 is 5.32 Å². The van der Waals surface area contributed by atoms with Crippen LogP contribution in [0.5, 0.6) is 0 Å². The summed E-state index contributed by atoms with van der Waals surface area (Å²) in [5.41, 5.74) is 2.04. The fraction of sp³-hybridized carbons (Fsp3) is 0.476. The van der Waals surface area contributed by atoms with Crippen LogP contribution in [0.2, 0.25) is 0 Å². The summed E-state index contributed by atoms with van der Waals surface area (Å²) >= 11 is 0. The van der Waals surface area contributed by atoms with Crippen LogP contribution in [0, 0.1) is 17.8 Å². The second-order valence-electron chi connectivity index (χ2n) is 7.76. The molecule has 1 amide bonds. The molecule has 0 saturated heterocycles. The van der Waals surface area contributed by atoms with Crippen LogP contribution in [0.15, 0.2) is 36.7 Å². The SMILES string of the molecule is COC(=O)c1ccccc1Cn1cc(NC(=O)CC2CC3CCC2C3)cn1. The molecule has 6 nitrogen and oxygen atoms in total. The van der Waals surface area contributed by atoms with Gasteiger partial charge in [-0.2, -0.15) is 5.10 Å². The lowest BCUT2D eigenvalue weighted by molar-refractivity contribution is -0.117. The van der Waals surface area contributed by atoms with Crippen molar-refractivity contribution in [3.05, 3.63) is 47.8 Å². The minimum absolute atomic E-state index is 0.0714. The van der Waals surface area contributed by atoms with Gasteiger partial charge in [-0.15, -0.1) is 0 Å². The van der Waals surface area contributed by atoms with Crippen molar-refractivity contribution in [2.75, 3.05) is 12.4 Å². The summed E-state index contributed by atoms with van der Waals surface area (Å²) in [6, 6.07) is 7.30. The first-order chi connectivity index (χ1) is 13.1. The molecule has 1 N–H and O–H groups in total. The number of ether oxygens (including phenoxy) is 1. The van der Waals surface area contributed by atoms with Crippen LogP contribution >= 0.6 is 0 Å². The summed E-state index contributed by atoms with van der Waals surface area (Å²) in [4.78, 5) is 24.3. The molecular weight excluding hydrogens is 342 g/mol. The molecule has 2 aromatic rings. The van der Waals surface area contributed by atoms with E-state index >= 15 is 0 Å². The molecule has 2 bridgehead atoms. The number of hydrogen-bond donors (Lipinski definition) is 1. The highest BCUT2D eigenvalue weighted by molar-refractivity contribution is 5.91. The number of methoxy groups -OCH3 is 1. The summed E-state index contributed by atoms with van der Waals surface area (Å²) in [6.45, 7) is 0.438. The molecule has 1 heterocycles. The van der Waals surface area contributed by atoms with Gasteiger partial charge < -0.3 is 10.1 Å². The van der Waals surface area contributed by atoms with E-state index in [2.05, 4.69) is 10.4 Å². The number of fused-ring (bicyclic) bond motifs is 2. The third-order valence-corrected chi connectivity index (χ3v) is 6.00. The topological polar surface area (TPSA) is 73.2 Å². The predicted molar refractivity (Wildman–Crippen MR) is 101 cm³/mol. The lowest BCUT2D eigenvalue weighted by atomic mass is 9.86. The maximum atomic E-state index is 12.4. The van der Waals surface area contributed by atoms with Crippen molar-refractivity contribution in [2.45, 2.75) is 38.6 Å². The zero-order valence-electron chi connectivity index (χ0n) is 15.6. The molecular formula is C21H25N3O3. The van der Waals surface area contributed by atoms with Gasteiger partial charge in [0.05, 0.1) is 31.1 Å². The zero-order valence-corrected chi connectivity index (χ0v) is 15.6. The maximum Gasteiger partial charge on any atom is 0.338 e. The standard InChI is InChI=1S/C21H25N3O3/c1-27-21(26)19-5-3-2-4-16(19)12-24-13-18(11-22-24)23-20(25)10-17-9-14-6-7-15(17)8-14/h2-5,11,13-15,17H,6-10,12H2,1H3,(H,23,25). The summed E-state index contributed by atoms with van der Waals surface area (Å²) in [6.07, 6.45) is 9.23. The van der Waals surface area contributed by atoms with Crippen LogP contribution in [-0.2, 0) is 16.1 Å². The van der Waals surface area contributed by atoms with Crippen LogP contribution in [0.1, 0.15) is 48.0 Å². The highest BCUT2D eigenvalue weighted by atomic mass is 16.5. The lowest BCUT2D eigenvalue weighted by Gasteiger charge is -2.20. The van der Waals surface area contributed by atoms with Gasteiger partial charge in [-0.05, 0) is 48.6 Å². The van der Waals surface area contributed by atoms with Gasteiger partial charge in [-0.1, -0.05) is 24.6 Å². The number of nitrogens with zero attached hydrogens (tertiary/aromatic N) is 2. The van der Waals surface area contributed by atoms with Gasteiger partial charge in [0.2, 0.25) is 5.91 Å². The molecule has 0 spiro atoms. The molecule has 6 heteroatoms. The van der Waals surface area contributed by atoms with Crippen molar-refractivity contribution in [2.24, 2.45) is 17.8 Å². The Morgan fingerprint density at radius 2 is 2.11 bits per heavy atom. The maximum absolute atomic E-state index is 12.4. The Kier molecular flexibility index (Phi) is 4.97. The summed E-state index contributed by atoms with van der Waals surface area (Å²) in [5, 5.41) is 7.28. The number of esters is 1. The molecule has 2 saturated carbocycles. The van der Waals surface area contributed by atoms with E-state index in [9.17, 15) is 9.59 Å². The molecule has 2 aliphatic rings. The molecule has 27 heavy (non-hydrogen) atoms. The minimum atomic E-state index is -0.364. The first-order valence-electron chi connectivity index (χ1n) is 9.61. The third kappa shape index (κ3) is 3.89. The van der Waals surface area contributed by atoms with Gasteiger partial charge in [0.25, 0.3) is 0 Å². The normalized spacial score (nSPS) is 23.4. The summed E-state index contributed by atoms with van der Waals surface area (Å²) in [7, 11) is 1.37. The van der Waals surface area contributed by atoms with Crippen LogP contribution in [0.3, 0.4) is 0 Å². The van der Waals surface area contributed by atoms with Crippen molar-refractivity contribution in [1.29, 1.82) is 0 Å². The molecule has 2 aliphatic carbocycles. The Hall–Kier alpha value is -2.63. The van der Waals surface area contributed by atoms with Gasteiger partial charge in [-0.25, -0.2) is 4.79 Å². The largest absolute Gasteiger partial charge is 0.465 e. The van der Waals surface area contributed by atoms with Crippen molar-refractivity contribution < 1.29 is 14.3 Å². The molecule has 142 valence electrons. The van der Waals surface area contributed by atoms with Crippen LogP contribution in [0.25, 0.3) is 0 Å². The average molecular weight is 367 g/mol. The Morgan fingerprint density at radius 1 is 1.26 bits per heavy atom. The molecule has 0 aliphatic heterocycles. The van der Waals surface area contributed by atoms with Crippen molar-refractivity contribution in [3.63, 3.8) is 0 Å². The molecule has 1 aromatic carbocycles. The number of carbonyl (C=O) groups is 2. The number of carbonyl (C=O) groups excluding carboxylic acids is 2. The third-order valence-electron chi connectivity index (χ3n) is 6.00. The molecule has 3 atom stereocenters. The van der Waals surface area contributed by atoms with Gasteiger partial charge in [-0.3, -0.25) is 9.48 Å². The molecule has 3 unspecified atom stereocenters. The number of aromatic nitrogens is 2. The van der Waals surface area contributed by atoms with Crippen molar-refractivity contribution >= 4 is 17.6 Å². The van der Waals surface area contributed by atoms with E-state index in [0.29, 0.717) is 30.1 Å². The Morgan fingerprint density at radius 3 is 2.85 bits per heavy atom. The van der Waals surface area contributed by atoms with Crippen molar-refractivity contribution in [1.82, 2.24) is 9.78 Å². The van der Waals surface area contributed by atoms with E-state index in [1.54, 1.807) is 29.2 Å². The quantitative estimate of drug-likeness (QED) is 0.793. The molecule has 1 aromatic heterocycles. The van der Waals surface area contributed by atoms with Crippen LogP contribution in [0.4, 0.5) is 5.69 Å².